The van der Waals surface area contributed by atoms with Gasteiger partial charge in [0.15, 0.2) is 5.13 Å². The molecule has 0 fully saturated rings. The molecule has 1 N–H and O–H groups in total. The van der Waals surface area contributed by atoms with Crippen molar-refractivity contribution in [3.63, 3.8) is 0 Å². The first-order chi connectivity index (χ1) is 7.20. The summed E-state index contributed by atoms with van der Waals surface area (Å²) in [6.07, 6.45) is 1.10. The van der Waals surface area contributed by atoms with Gasteiger partial charge in [0.1, 0.15) is 5.52 Å². The molecule has 0 saturated carbocycles. The molecule has 0 aliphatic heterocycles. The monoisotopic (exact) mass is 240 g/mol. The number of anilines is 1. The summed E-state index contributed by atoms with van der Waals surface area (Å²) in [7, 11) is 0. The van der Waals surface area contributed by atoms with Gasteiger partial charge in [-0.1, -0.05) is 29.9 Å². The third-order valence-corrected chi connectivity index (χ3v) is 3.37. The van der Waals surface area contributed by atoms with Gasteiger partial charge in [-0.05, 0) is 31.0 Å². The Morgan fingerprint density at radius 3 is 3.00 bits per heavy atom. The number of aryl methyl sites for hydroxylation is 1. The van der Waals surface area contributed by atoms with Crippen LogP contribution in [0.2, 0.25) is 5.02 Å². The number of benzene rings is 1. The van der Waals surface area contributed by atoms with Crippen LogP contribution in [0.3, 0.4) is 0 Å². The Kier molecular flexibility index (Phi) is 3.12. The molecule has 0 radical (unpaired) electrons. The van der Waals surface area contributed by atoms with Crippen LogP contribution in [0, 0.1) is 6.92 Å². The molecule has 0 atom stereocenters. The van der Waals surface area contributed by atoms with E-state index in [1.807, 2.05) is 13.0 Å². The van der Waals surface area contributed by atoms with Crippen LogP contribution in [-0.2, 0) is 0 Å². The Labute approximate surface area is 98.3 Å². The minimum Gasteiger partial charge on any atom is -0.361 e. The zero-order valence-electron chi connectivity index (χ0n) is 8.80. The maximum absolute atomic E-state index is 6.13. The van der Waals surface area contributed by atoms with Gasteiger partial charge < -0.3 is 5.32 Å². The molecule has 0 spiro atoms. The second-order valence-electron chi connectivity index (χ2n) is 3.54. The molecule has 2 rings (SSSR count). The van der Waals surface area contributed by atoms with Crippen molar-refractivity contribution in [2.24, 2.45) is 0 Å². The lowest BCUT2D eigenvalue weighted by atomic mass is 10.2. The molecule has 0 bridgehead atoms. The van der Waals surface area contributed by atoms with Crippen molar-refractivity contribution in [3.05, 3.63) is 22.7 Å². The normalized spacial score (nSPS) is 10.9. The van der Waals surface area contributed by atoms with E-state index in [4.69, 9.17) is 11.6 Å². The zero-order valence-corrected chi connectivity index (χ0v) is 10.4. The average molecular weight is 241 g/mol. The van der Waals surface area contributed by atoms with Crippen LogP contribution < -0.4 is 5.32 Å². The highest BCUT2D eigenvalue weighted by Gasteiger charge is 2.07. The summed E-state index contributed by atoms with van der Waals surface area (Å²) < 4.78 is 1.15. The quantitative estimate of drug-likeness (QED) is 0.875. The molecule has 0 unspecified atom stereocenters. The molecular formula is C11H13ClN2S. The summed E-state index contributed by atoms with van der Waals surface area (Å²) in [5, 5.41) is 4.98. The fourth-order valence-electron chi connectivity index (χ4n) is 1.43. The minimum atomic E-state index is 0.741. The summed E-state index contributed by atoms with van der Waals surface area (Å²) in [4.78, 5) is 4.47. The van der Waals surface area contributed by atoms with E-state index in [1.165, 1.54) is 5.56 Å². The van der Waals surface area contributed by atoms with Crippen LogP contribution in [0.15, 0.2) is 12.1 Å². The Morgan fingerprint density at radius 2 is 2.27 bits per heavy atom. The van der Waals surface area contributed by atoms with Gasteiger partial charge in [0.05, 0.1) is 9.72 Å². The van der Waals surface area contributed by atoms with E-state index in [9.17, 15) is 0 Å². The Morgan fingerprint density at radius 1 is 1.47 bits per heavy atom. The molecular weight excluding hydrogens is 228 g/mol. The lowest BCUT2D eigenvalue weighted by molar-refractivity contribution is 0.977. The molecule has 1 aromatic carbocycles. The minimum absolute atomic E-state index is 0.741. The first-order valence-electron chi connectivity index (χ1n) is 5.01. The molecule has 1 aromatic heterocycles. The van der Waals surface area contributed by atoms with Crippen molar-refractivity contribution in [1.82, 2.24) is 4.98 Å². The lowest BCUT2D eigenvalue weighted by Crippen LogP contribution is -1.98. The number of hydrogen-bond acceptors (Lipinski definition) is 3. The first kappa shape index (κ1) is 10.7. The number of nitrogens with one attached hydrogen (secondary N) is 1. The summed E-state index contributed by atoms with van der Waals surface area (Å²) in [6.45, 7) is 5.14. The summed E-state index contributed by atoms with van der Waals surface area (Å²) in [5.41, 5.74) is 2.09. The summed E-state index contributed by atoms with van der Waals surface area (Å²) in [6, 6.07) is 4.07. The van der Waals surface area contributed by atoms with Crippen LogP contribution >= 0.6 is 22.9 Å². The number of hydrogen-bond donors (Lipinski definition) is 1. The Balaban J connectivity index is 2.41. The smallest absolute Gasteiger partial charge is 0.183 e. The second-order valence-corrected chi connectivity index (χ2v) is 4.98. The summed E-state index contributed by atoms with van der Waals surface area (Å²) >= 11 is 7.78. The molecule has 0 aliphatic rings. The fraction of sp³-hybridized carbons (Fsp3) is 0.364. The maximum Gasteiger partial charge on any atom is 0.183 e. The molecule has 80 valence electrons. The van der Waals surface area contributed by atoms with E-state index in [0.717, 1.165) is 33.3 Å². The molecule has 0 saturated heterocycles. The predicted octanol–water partition coefficient (Wildman–Crippen LogP) is 4.08. The van der Waals surface area contributed by atoms with Crippen LogP contribution in [-0.4, -0.2) is 11.5 Å². The number of aromatic nitrogens is 1. The van der Waals surface area contributed by atoms with Gasteiger partial charge in [-0.2, -0.15) is 0 Å². The molecule has 0 aliphatic carbocycles. The van der Waals surface area contributed by atoms with Crippen LogP contribution in [0.4, 0.5) is 5.13 Å². The highest BCUT2D eigenvalue weighted by Crippen LogP contribution is 2.31. The van der Waals surface area contributed by atoms with E-state index in [2.05, 4.69) is 23.3 Å². The molecule has 1 heterocycles. The molecule has 0 amide bonds. The van der Waals surface area contributed by atoms with Gasteiger partial charge >= 0.3 is 0 Å². The van der Waals surface area contributed by atoms with Crippen LogP contribution in [0.25, 0.3) is 10.2 Å². The highest BCUT2D eigenvalue weighted by molar-refractivity contribution is 7.22. The van der Waals surface area contributed by atoms with Crippen molar-refractivity contribution in [1.29, 1.82) is 0 Å². The van der Waals surface area contributed by atoms with Crippen molar-refractivity contribution >= 4 is 38.3 Å². The van der Waals surface area contributed by atoms with E-state index in [-0.39, 0.29) is 0 Å². The number of rotatable bonds is 3. The highest BCUT2D eigenvalue weighted by atomic mass is 35.5. The van der Waals surface area contributed by atoms with Crippen molar-refractivity contribution in [2.75, 3.05) is 11.9 Å². The van der Waals surface area contributed by atoms with Crippen molar-refractivity contribution in [2.45, 2.75) is 20.3 Å². The van der Waals surface area contributed by atoms with Crippen LogP contribution in [0.1, 0.15) is 18.9 Å². The van der Waals surface area contributed by atoms with Crippen LogP contribution in [0.5, 0.6) is 0 Å². The van der Waals surface area contributed by atoms with E-state index >= 15 is 0 Å². The lowest BCUT2D eigenvalue weighted by Gasteiger charge is -1.96. The molecule has 2 aromatic rings. The van der Waals surface area contributed by atoms with E-state index in [1.54, 1.807) is 11.3 Å². The number of halogens is 1. The third-order valence-electron chi connectivity index (χ3n) is 2.12. The van der Waals surface area contributed by atoms with E-state index < -0.39 is 0 Å². The van der Waals surface area contributed by atoms with Gasteiger partial charge in [-0.3, -0.25) is 0 Å². The molecule has 2 nitrogen and oxygen atoms in total. The maximum atomic E-state index is 6.13. The summed E-state index contributed by atoms with van der Waals surface area (Å²) in [5.74, 6) is 0. The largest absolute Gasteiger partial charge is 0.361 e. The average Bonchev–Trinajstić information content (AvgIpc) is 2.57. The second kappa shape index (κ2) is 4.37. The van der Waals surface area contributed by atoms with E-state index in [0.29, 0.717) is 0 Å². The predicted molar refractivity (Wildman–Crippen MR) is 68.1 cm³/mol. The number of fused-ring (bicyclic) bond motifs is 1. The van der Waals surface area contributed by atoms with Gasteiger partial charge in [-0.15, -0.1) is 0 Å². The molecule has 4 heteroatoms. The Hall–Kier alpha value is -0.800. The first-order valence-corrected chi connectivity index (χ1v) is 6.20. The van der Waals surface area contributed by atoms with Crippen molar-refractivity contribution in [3.8, 4) is 0 Å². The van der Waals surface area contributed by atoms with Gasteiger partial charge in [0.25, 0.3) is 0 Å². The third kappa shape index (κ3) is 2.24. The topological polar surface area (TPSA) is 24.9 Å². The Bertz CT molecular complexity index is 479. The standard InChI is InChI=1S/C11H13ClN2S/c1-3-4-13-11-14-10-8(12)5-7(2)6-9(10)15-11/h5-6H,3-4H2,1-2H3,(H,13,14). The number of nitrogens with zero attached hydrogens (tertiary/aromatic N) is 1. The van der Waals surface area contributed by atoms with Gasteiger partial charge in [-0.25, -0.2) is 4.98 Å². The zero-order chi connectivity index (χ0) is 10.8. The van der Waals surface area contributed by atoms with Crippen molar-refractivity contribution < 1.29 is 0 Å². The number of thiazole rings is 1. The van der Waals surface area contributed by atoms with Gasteiger partial charge in [0, 0.05) is 6.54 Å². The van der Waals surface area contributed by atoms with Gasteiger partial charge in [0.2, 0.25) is 0 Å². The fourth-order valence-corrected chi connectivity index (χ4v) is 2.81. The molecule has 15 heavy (non-hydrogen) atoms. The SMILES string of the molecule is CCCNc1nc2c(Cl)cc(C)cc2s1.